The van der Waals surface area contributed by atoms with Gasteiger partial charge in [0.1, 0.15) is 0 Å². The highest BCUT2D eigenvalue weighted by molar-refractivity contribution is 5.77. The van der Waals surface area contributed by atoms with Crippen molar-refractivity contribution in [3.63, 3.8) is 0 Å². The summed E-state index contributed by atoms with van der Waals surface area (Å²) in [6, 6.07) is 26.1. The minimum atomic E-state index is 1.07. The van der Waals surface area contributed by atoms with Crippen LogP contribution in [0.2, 0.25) is 0 Å². The van der Waals surface area contributed by atoms with Crippen LogP contribution in [0.1, 0.15) is 36.2 Å². The lowest BCUT2D eigenvalue weighted by Gasteiger charge is -2.26. The summed E-state index contributed by atoms with van der Waals surface area (Å²) in [5.41, 5.74) is 9.15. The first kappa shape index (κ1) is 24.8. The van der Waals surface area contributed by atoms with E-state index in [4.69, 9.17) is 0 Å². The molecule has 0 saturated heterocycles. The maximum absolute atomic E-state index is 4.13. The zero-order chi connectivity index (χ0) is 25.7. The zero-order valence-electron chi connectivity index (χ0n) is 21.7. The predicted molar refractivity (Wildman–Crippen MR) is 159 cm³/mol. The number of hydrogen-bond donors (Lipinski definition) is 0. The summed E-state index contributed by atoms with van der Waals surface area (Å²) < 4.78 is 2.27. The highest BCUT2D eigenvalue weighted by Gasteiger charge is 2.15. The number of hydrogen-bond acceptors (Lipinski definition) is 1. The van der Waals surface area contributed by atoms with E-state index in [1.807, 2.05) is 19.1 Å². The van der Waals surface area contributed by atoms with Gasteiger partial charge in [-0.05, 0) is 82.3 Å². The molecule has 0 aliphatic carbocycles. The van der Waals surface area contributed by atoms with Crippen molar-refractivity contribution in [1.29, 1.82) is 0 Å². The van der Waals surface area contributed by atoms with E-state index in [1.54, 1.807) is 0 Å². The maximum atomic E-state index is 4.13. The van der Waals surface area contributed by atoms with Crippen molar-refractivity contribution < 1.29 is 0 Å². The largest absolute Gasteiger partial charge is 0.311 e. The molecule has 36 heavy (non-hydrogen) atoms. The van der Waals surface area contributed by atoms with Crippen LogP contribution in [0.15, 0.2) is 98.1 Å². The summed E-state index contributed by atoms with van der Waals surface area (Å²) >= 11 is 0. The number of aromatic nitrogens is 1. The Morgan fingerprint density at radius 1 is 0.722 bits per heavy atom. The van der Waals surface area contributed by atoms with E-state index in [2.05, 4.69) is 140 Å². The van der Waals surface area contributed by atoms with Crippen LogP contribution in [0, 0.1) is 13.8 Å². The SMILES string of the molecule is C=C/C=c1/c(/C=C\C)c(C=C)n(-c2ccc(N(c3ccc(C)cc3)c3ccc(C)cc3)cc2)/c1=C/C. The summed E-state index contributed by atoms with van der Waals surface area (Å²) in [5, 5.41) is 2.27. The lowest BCUT2D eigenvalue weighted by atomic mass is 10.1. The molecule has 0 fully saturated rings. The van der Waals surface area contributed by atoms with E-state index < -0.39 is 0 Å². The van der Waals surface area contributed by atoms with Crippen LogP contribution in [0.3, 0.4) is 0 Å². The van der Waals surface area contributed by atoms with E-state index in [-0.39, 0.29) is 0 Å². The smallest absolute Gasteiger partial charge is 0.0534 e. The van der Waals surface area contributed by atoms with Crippen molar-refractivity contribution in [2.75, 3.05) is 4.90 Å². The highest BCUT2D eigenvalue weighted by atomic mass is 15.1. The average molecular weight is 471 g/mol. The Kier molecular flexibility index (Phi) is 7.56. The van der Waals surface area contributed by atoms with Gasteiger partial charge in [0.05, 0.1) is 5.69 Å². The van der Waals surface area contributed by atoms with Gasteiger partial charge in [-0.25, -0.2) is 0 Å². The first-order valence-electron chi connectivity index (χ1n) is 12.3. The van der Waals surface area contributed by atoms with Gasteiger partial charge in [0, 0.05) is 38.9 Å². The van der Waals surface area contributed by atoms with Gasteiger partial charge in [-0.2, -0.15) is 0 Å². The monoisotopic (exact) mass is 470 g/mol. The first-order valence-corrected chi connectivity index (χ1v) is 12.3. The van der Waals surface area contributed by atoms with E-state index in [0.717, 1.165) is 44.6 Å². The number of nitrogens with zero attached hydrogens (tertiary/aromatic N) is 2. The fourth-order valence-corrected chi connectivity index (χ4v) is 4.63. The third kappa shape index (κ3) is 4.76. The molecular formula is C34H34N2. The van der Waals surface area contributed by atoms with E-state index in [9.17, 15) is 0 Å². The fraction of sp³-hybridized carbons (Fsp3) is 0.118. The third-order valence-electron chi connectivity index (χ3n) is 6.36. The molecule has 4 aromatic rings. The van der Waals surface area contributed by atoms with Crippen molar-refractivity contribution in [2.45, 2.75) is 27.7 Å². The molecule has 4 rings (SSSR count). The molecule has 0 spiro atoms. The normalized spacial score (nSPS) is 12.3. The molecule has 180 valence electrons. The summed E-state index contributed by atoms with van der Waals surface area (Å²) in [7, 11) is 0. The van der Waals surface area contributed by atoms with E-state index in [0.29, 0.717) is 0 Å². The first-order chi connectivity index (χ1) is 17.5. The summed E-state index contributed by atoms with van der Waals surface area (Å²) in [4.78, 5) is 2.29. The molecule has 1 aromatic heterocycles. The summed E-state index contributed by atoms with van der Waals surface area (Å²) in [6.07, 6.45) is 12.2. The standard InChI is InChI=1S/C34H34N2/c1-7-11-31-32(12-8-2)34(10-4)36(33(31)9-3)30-23-21-29(22-24-30)35(27-17-13-25(5)14-18-27)28-19-15-26(6)16-20-28/h7-24H,1,4H2,2-3,5-6H3/b12-8-,31-11-,33-9+. The second-order valence-corrected chi connectivity index (χ2v) is 8.85. The average Bonchev–Trinajstić information content (AvgIpc) is 3.19. The van der Waals surface area contributed by atoms with Gasteiger partial charge in [0.2, 0.25) is 0 Å². The Balaban J connectivity index is 1.89. The molecule has 0 aliphatic heterocycles. The van der Waals surface area contributed by atoms with Gasteiger partial charge in [-0.15, -0.1) is 0 Å². The fourth-order valence-electron chi connectivity index (χ4n) is 4.63. The van der Waals surface area contributed by atoms with Gasteiger partial charge >= 0.3 is 0 Å². The molecule has 0 atom stereocenters. The lowest BCUT2D eigenvalue weighted by Crippen LogP contribution is -2.28. The minimum absolute atomic E-state index is 1.07. The number of benzene rings is 3. The highest BCUT2D eigenvalue weighted by Crippen LogP contribution is 2.35. The summed E-state index contributed by atoms with van der Waals surface area (Å²) in [5.74, 6) is 0. The van der Waals surface area contributed by atoms with Gasteiger partial charge in [0.15, 0.2) is 0 Å². The molecule has 0 bridgehead atoms. The van der Waals surface area contributed by atoms with Crippen molar-refractivity contribution in [3.05, 3.63) is 131 Å². The quantitative estimate of drug-likeness (QED) is 0.266. The van der Waals surface area contributed by atoms with Crippen LogP contribution in [0.5, 0.6) is 0 Å². The van der Waals surface area contributed by atoms with Crippen molar-refractivity contribution >= 4 is 41.4 Å². The van der Waals surface area contributed by atoms with E-state index in [1.165, 1.54) is 11.1 Å². The molecule has 2 heteroatoms. The Morgan fingerprint density at radius 2 is 1.22 bits per heavy atom. The Morgan fingerprint density at radius 3 is 1.64 bits per heavy atom. The van der Waals surface area contributed by atoms with Gasteiger partial charge in [-0.1, -0.05) is 78.9 Å². The minimum Gasteiger partial charge on any atom is -0.311 e. The van der Waals surface area contributed by atoms with Crippen LogP contribution in [-0.4, -0.2) is 4.57 Å². The third-order valence-corrected chi connectivity index (χ3v) is 6.36. The number of anilines is 3. The lowest BCUT2D eigenvalue weighted by molar-refractivity contribution is 1.01. The van der Waals surface area contributed by atoms with E-state index >= 15 is 0 Å². The summed E-state index contributed by atoms with van der Waals surface area (Å²) in [6.45, 7) is 16.4. The van der Waals surface area contributed by atoms with Crippen LogP contribution < -0.4 is 15.5 Å². The molecule has 0 radical (unpaired) electrons. The second kappa shape index (κ2) is 11.0. The molecule has 0 amide bonds. The van der Waals surface area contributed by atoms with Crippen LogP contribution in [0.25, 0.3) is 30.0 Å². The molecule has 0 saturated carbocycles. The topological polar surface area (TPSA) is 8.17 Å². The van der Waals surface area contributed by atoms with Crippen LogP contribution >= 0.6 is 0 Å². The van der Waals surface area contributed by atoms with Crippen LogP contribution in [0.4, 0.5) is 17.1 Å². The number of rotatable bonds is 7. The Labute approximate surface area is 215 Å². The molecule has 0 aliphatic rings. The Bertz CT molecular complexity index is 1470. The molecule has 2 nitrogen and oxygen atoms in total. The van der Waals surface area contributed by atoms with Gasteiger partial charge < -0.3 is 9.47 Å². The molecule has 1 heterocycles. The van der Waals surface area contributed by atoms with Crippen molar-refractivity contribution in [1.82, 2.24) is 4.57 Å². The zero-order valence-corrected chi connectivity index (χ0v) is 21.7. The van der Waals surface area contributed by atoms with Crippen LogP contribution in [-0.2, 0) is 0 Å². The molecule has 0 unspecified atom stereocenters. The Hall–Kier alpha value is -4.30. The number of aryl methyl sites for hydroxylation is 2. The maximum Gasteiger partial charge on any atom is 0.0534 e. The predicted octanol–water partition coefficient (Wildman–Crippen LogP) is 8.01. The van der Waals surface area contributed by atoms with Gasteiger partial charge in [-0.3, -0.25) is 0 Å². The van der Waals surface area contributed by atoms with Gasteiger partial charge in [0.25, 0.3) is 0 Å². The number of allylic oxidation sites excluding steroid dienone is 2. The second-order valence-electron chi connectivity index (χ2n) is 8.85. The molecular weight excluding hydrogens is 436 g/mol. The molecule has 0 N–H and O–H groups in total. The van der Waals surface area contributed by atoms with Crippen molar-refractivity contribution in [3.8, 4) is 5.69 Å². The van der Waals surface area contributed by atoms with Crippen molar-refractivity contribution in [2.24, 2.45) is 0 Å². The molecule has 3 aromatic carbocycles.